The summed E-state index contributed by atoms with van der Waals surface area (Å²) in [4.78, 5) is 21.2. The van der Waals surface area contributed by atoms with Crippen LogP contribution in [0.25, 0.3) is 0 Å². The fraction of sp³-hybridized carbons (Fsp3) is 0.625. The summed E-state index contributed by atoms with van der Waals surface area (Å²) < 4.78 is 1.98. The Labute approximate surface area is 108 Å². The predicted octanol–water partition coefficient (Wildman–Crippen LogP) is 2.39. The molecule has 0 aromatic heterocycles. The van der Waals surface area contributed by atoms with Crippen LogP contribution in [-0.4, -0.2) is 22.3 Å². The first-order valence-electron chi connectivity index (χ1n) is 5.25. The summed E-state index contributed by atoms with van der Waals surface area (Å²) >= 11 is 0. The second kappa shape index (κ2) is 12.8. The quantitative estimate of drug-likeness (QED) is 0.397. The molecule has 0 aromatic carbocycles. The van der Waals surface area contributed by atoms with Crippen molar-refractivity contribution in [3.05, 3.63) is 12.7 Å². The molecule has 1 heterocycles. The molecule has 17 heavy (non-hydrogen) atoms. The molecule has 9 heteroatoms. The first-order valence-corrected chi connectivity index (χ1v) is 8.14. The van der Waals surface area contributed by atoms with E-state index in [1.807, 2.05) is 4.60 Å². The summed E-state index contributed by atoms with van der Waals surface area (Å²) in [5.74, 6) is -0.981. The highest BCUT2D eigenvalue weighted by molar-refractivity contribution is 7.65. The minimum absolute atomic E-state index is 0.628. The molecular weight excluding hydrogens is 279 g/mol. The zero-order valence-electron chi connectivity index (χ0n) is 9.82. The SMILES string of the molecule is C=CC(=O)O.CCCCCON1PNPNP1. The van der Waals surface area contributed by atoms with Crippen LogP contribution in [0.1, 0.15) is 26.2 Å². The van der Waals surface area contributed by atoms with E-state index in [0.717, 1.165) is 12.7 Å². The maximum absolute atomic E-state index is 9.25. The third kappa shape index (κ3) is 12.6. The van der Waals surface area contributed by atoms with E-state index in [1.54, 1.807) is 0 Å². The van der Waals surface area contributed by atoms with Crippen molar-refractivity contribution in [2.75, 3.05) is 6.61 Å². The second-order valence-electron chi connectivity index (χ2n) is 2.98. The Morgan fingerprint density at radius 1 is 1.47 bits per heavy atom. The molecule has 1 fully saturated rings. The van der Waals surface area contributed by atoms with E-state index in [2.05, 4.69) is 23.2 Å². The van der Waals surface area contributed by atoms with Gasteiger partial charge in [0.15, 0.2) is 0 Å². The number of carboxylic acids is 1. The van der Waals surface area contributed by atoms with Crippen LogP contribution in [0, 0.1) is 0 Å². The maximum Gasteiger partial charge on any atom is 0.327 e. The number of carbonyl (C=O) groups is 1. The summed E-state index contributed by atoms with van der Waals surface area (Å²) in [6, 6.07) is 0. The lowest BCUT2D eigenvalue weighted by atomic mass is 10.3. The van der Waals surface area contributed by atoms with Crippen LogP contribution in [-0.2, 0) is 9.63 Å². The van der Waals surface area contributed by atoms with Crippen LogP contribution in [0.5, 0.6) is 0 Å². The van der Waals surface area contributed by atoms with Crippen LogP contribution < -0.4 is 9.72 Å². The van der Waals surface area contributed by atoms with Gasteiger partial charge in [0, 0.05) is 15.0 Å². The Bertz CT molecular complexity index is 215. The van der Waals surface area contributed by atoms with Crippen molar-refractivity contribution in [2.45, 2.75) is 26.2 Å². The second-order valence-corrected chi connectivity index (χ2v) is 6.93. The fourth-order valence-corrected chi connectivity index (χ4v) is 4.40. The van der Waals surface area contributed by atoms with E-state index in [4.69, 9.17) is 9.94 Å². The van der Waals surface area contributed by atoms with Crippen molar-refractivity contribution >= 4 is 32.6 Å². The molecular formula is C8H20N3O3P3. The number of carboxylic acid groups (broad SMARTS) is 1. The van der Waals surface area contributed by atoms with E-state index in [-0.39, 0.29) is 0 Å². The number of nitrogens with zero attached hydrogens (tertiary/aromatic N) is 1. The van der Waals surface area contributed by atoms with Gasteiger partial charge in [-0.1, -0.05) is 26.3 Å². The van der Waals surface area contributed by atoms with E-state index in [1.165, 1.54) is 19.3 Å². The van der Waals surface area contributed by atoms with Crippen molar-refractivity contribution in [1.82, 2.24) is 14.3 Å². The van der Waals surface area contributed by atoms with Gasteiger partial charge in [0.05, 0.1) is 24.4 Å². The summed E-state index contributed by atoms with van der Waals surface area (Å²) in [5, 5.41) is 7.60. The molecule has 0 saturated carbocycles. The molecule has 1 aliphatic rings. The number of unbranched alkanes of at least 4 members (excludes halogenated alkanes) is 2. The monoisotopic (exact) mass is 299 g/mol. The normalized spacial score (nSPS) is 20.1. The van der Waals surface area contributed by atoms with Gasteiger partial charge in [0.25, 0.3) is 0 Å². The topological polar surface area (TPSA) is 73.8 Å². The molecule has 1 aliphatic heterocycles. The molecule has 6 nitrogen and oxygen atoms in total. The number of aliphatic carboxylic acids is 1. The molecule has 2 atom stereocenters. The van der Waals surface area contributed by atoms with Crippen LogP contribution >= 0.6 is 26.6 Å². The average Bonchev–Trinajstić information content (AvgIpc) is 2.37. The highest BCUT2D eigenvalue weighted by Gasteiger charge is 2.08. The highest BCUT2D eigenvalue weighted by atomic mass is 31.2. The Morgan fingerprint density at radius 3 is 2.53 bits per heavy atom. The smallest absolute Gasteiger partial charge is 0.327 e. The maximum atomic E-state index is 9.25. The summed E-state index contributed by atoms with van der Waals surface area (Å²) in [6.07, 6.45) is 4.53. The fourth-order valence-electron chi connectivity index (χ4n) is 0.789. The van der Waals surface area contributed by atoms with Gasteiger partial charge in [-0.15, -0.1) is 4.60 Å². The molecule has 1 rings (SSSR count). The van der Waals surface area contributed by atoms with Gasteiger partial charge >= 0.3 is 5.97 Å². The van der Waals surface area contributed by atoms with Crippen molar-refractivity contribution in [3.8, 4) is 0 Å². The zero-order valence-corrected chi connectivity index (χ0v) is 12.8. The Hall–Kier alpha value is 0.340. The molecule has 2 unspecified atom stereocenters. The first-order chi connectivity index (χ1) is 8.20. The van der Waals surface area contributed by atoms with Gasteiger partial charge in [0.1, 0.15) is 0 Å². The van der Waals surface area contributed by atoms with Gasteiger partial charge in [-0.25, -0.2) is 4.79 Å². The van der Waals surface area contributed by atoms with Crippen molar-refractivity contribution < 1.29 is 14.7 Å². The van der Waals surface area contributed by atoms with E-state index >= 15 is 0 Å². The average molecular weight is 299 g/mol. The number of nitrogens with one attached hydrogen (secondary N) is 2. The van der Waals surface area contributed by atoms with Crippen molar-refractivity contribution in [1.29, 1.82) is 0 Å². The minimum atomic E-state index is -0.981. The largest absolute Gasteiger partial charge is 0.478 e. The number of hydrogen-bond donors (Lipinski definition) is 3. The highest BCUT2D eigenvalue weighted by Crippen LogP contribution is 2.37. The van der Waals surface area contributed by atoms with Crippen molar-refractivity contribution in [3.63, 3.8) is 0 Å². The molecule has 0 aromatic rings. The standard InChI is InChI=1S/C5H16N3OP3.C3H4O2/c1-2-3-4-5-9-8-11-6-10-7-12-8;1-2-3(4)5/h6-7,10-12H,2-5H2,1H3;2H,1H2,(H,4,5). The summed E-state index contributed by atoms with van der Waals surface area (Å²) in [7, 11) is 1.95. The Kier molecular flexibility index (Phi) is 13.0. The van der Waals surface area contributed by atoms with Crippen LogP contribution in [0.4, 0.5) is 0 Å². The van der Waals surface area contributed by atoms with E-state index < -0.39 is 5.97 Å². The Balaban J connectivity index is 0.000000437. The lowest BCUT2D eigenvalue weighted by molar-refractivity contribution is -0.131. The van der Waals surface area contributed by atoms with Gasteiger partial charge in [-0.05, 0) is 6.42 Å². The number of rotatable bonds is 6. The lowest BCUT2D eigenvalue weighted by Gasteiger charge is -2.25. The van der Waals surface area contributed by atoms with Gasteiger partial charge in [-0.3, -0.25) is 14.6 Å². The predicted molar refractivity (Wildman–Crippen MR) is 76.4 cm³/mol. The molecule has 0 aliphatic carbocycles. The van der Waals surface area contributed by atoms with E-state index in [0.29, 0.717) is 26.6 Å². The van der Waals surface area contributed by atoms with Crippen LogP contribution in [0.15, 0.2) is 12.7 Å². The summed E-state index contributed by atoms with van der Waals surface area (Å²) in [6.45, 7) is 6.03. The van der Waals surface area contributed by atoms with Crippen molar-refractivity contribution in [2.24, 2.45) is 0 Å². The number of hydrogen-bond acceptors (Lipinski definition) is 5. The molecule has 0 bridgehead atoms. The first kappa shape index (κ1) is 17.3. The van der Waals surface area contributed by atoms with Gasteiger partial charge < -0.3 is 5.11 Å². The lowest BCUT2D eigenvalue weighted by Crippen LogP contribution is -2.17. The van der Waals surface area contributed by atoms with E-state index in [9.17, 15) is 4.79 Å². The molecule has 0 amide bonds. The van der Waals surface area contributed by atoms with Crippen LogP contribution in [0.3, 0.4) is 0 Å². The van der Waals surface area contributed by atoms with Crippen LogP contribution in [0.2, 0.25) is 0 Å². The summed E-state index contributed by atoms with van der Waals surface area (Å²) in [5.41, 5.74) is 0. The molecule has 100 valence electrons. The third-order valence-electron chi connectivity index (χ3n) is 1.58. The third-order valence-corrected chi connectivity index (χ3v) is 4.81. The van der Waals surface area contributed by atoms with Gasteiger partial charge in [0.2, 0.25) is 0 Å². The Morgan fingerprint density at radius 2 is 2.06 bits per heavy atom. The molecule has 0 spiro atoms. The zero-order chi connectivity index (χ0) is 12.9. The molecule has 1 saturated heterocycles. The minimum Gasteiger partial charge on any atom is -0.478 e. The van der Waals surface area contributed by atoms with Gasteiger partial charge in [-0.2, -0.15) is 0 Å². The molecule has 0 radical (unpaired) electrons. The molecule has 3 N–H and O–H groups in total.